The standard InChI is InChI=1S/C19H21NO5/c1-22-15-8-6-14(7-9-15)20-18(21)10-5-13-11-16(23-2)19(25-4)17(12-13)24-3/h5-12H,1-4H3,(H,20,21)/b10-5+. The van der Waals surface area contributed by atoms with Crippen LogP contribution in [0.1, 0.15) is 5.56 Å². The SMILES string of the molecule is COc1ccc(NC(=O)/C=C/c2cc(OC)c(OC)c(OC)c2)cc1. The lowest BCUT2D eigenvalue weighted by atomic mass is 10.1. The molecule has 1 N–H and O–H groups in total. The molecular weight excluding hydrogens is 322 g/mol. The van der Waals surface area contributed by atoms with Crippen molar-refractivity contribution < 1.29 is 23.7 Å². The van der Waals surface area contributed by atoms with E-state index in [9.17, 15) is 4.79 Å². The minimum absolute atomic E-state index is 0.251. The van der Waals surface area contributed by atoms with E-state index < -0.39 is 0 Å². The van der Waals surface area contributed by atoms with Crippen LogP contribution in [0.2, 0.25) is 0 Å². The van der Waals surface area contributed by atoms with E-state index in [4.69, 9.17) is 18.9 Å². The number of anilines is 1. The Labute approximate surface area is 147 Å². The van der Waals surface area contributed by atoms with Gasteiger partial charge in [-0.05, 0) is 48.0 Å². The molecule has 0 aliphatic carbocycles. The molecule has 0 atom stereocenters. The molecule has 0 aliphatic rings. The number of methoxy groups -OCH3 is 4. The van der Waals surface area contributed by atoms with Gasteiger partial charge in [-0.25, -0.2) is 0 Å². The largest absolute Gasteiger partial charge is 0.497 e. The van der Waals surface area contributed by atoms with Crippen LogP contribution in [0.4, 0.5) is 5.69 Å². The lowest BCUT2D eigenvalue weighted by Gasteiger charge is -2.12. The van der Waals surface area contributed by atoms with E-state index >= 15 is 0 Å². The van der Waals surface area contributed by atoms with Crippen molar-refractivity contribution in [3.05, 3.63) is 48.0 Å². The second kappa shape index (κ2) is 8.63. The third-order valence-corrected chi connectivity index (χ3v) is 3.47. The first-order valence-electron chi connectivity index (χ1n) is 7.54. The van der Waals surface area contributed by atoms with Crippen molar-refractivity contribution in [1.82, 2.24) is 0 Å². The predicted octanol–water partition coefficient (Wildman–Crippen LogP) is 3.37. The Kier molecular flexibility index (Phi) is 6.28. The van der Waals surface area contributed by atoms with Crippen LogP contribution < -0.4 is 24.3 Å². The molecule has 6 nitrogen and oxygen atoms in total. The molecule has 25 heavy (non-hydrogen) atoms. The van der Waals surface area contributed by atoms with Gasteiger partial charge in [0.1, 0.15) is 5.75 Å². The zero-order valence-electron chi connectivity index (χ0n) is 14.7. The average molecular weight is 343 g/mol. The van der Waals surface area contributed by atoms with Crippen LogP contribution in [0.5, 0.6) is 23.0 Å². The maximum absolute atomic E-state index is 12.1. The van der Waals surface area contributed by atoms with Gasteiger partial charge >= 0.3 is 0 Å². The first kappa shape index (κ1) is 18.2. The van der Waals surface area contributed by atoms with Crippen LogP contribution in [0.25, 0.3) is 6.08 Å². The summed E-state index contributed by atoms with van der Waals surface area (Å²) in [6.45, 7) is 0. The van der Waals surface area contributed by atoms with Crippen LogP contribution in [0.3, 0.4) is 0 Å². The molecule has 2 rings (SSSR count). The van der Waals surface area contributed by atoms with Gasteiger partial charge in [-0.1, -0.05) is 0 Å². The van der Waals surface area contributed by atoms with Gasteiger partial charge in [0.05, 0.1) is 28.4 Å². The Morgan fingerprint density at radius 2 is 1.48 bits per heavy atom. The summed E-state index contributed by atoms with van der Waals surface area (Å²) in [5.41, 5.74) is 1.43. The fourth-order valence-electron chi connectivity index (χ4n) is 2.23. The number of ether oxygens (including phenoxy) is 4. The highest BCUT2D eigenvalue weighted by molar-refractivity contribution is 6.02. The third-order valence-electron chi connectivity index (χ3n) is 3.47. The van der Waals surface area contributed by atoms with Crippen molar-refractivity contribution in [1.29, 1.82) is 0 Å². The van der Waals surface area contributed by atoms with E-state index in [-0.39, 0.29) is 5.91 Å². The zero-order chi connectivity index (χ0) is 18.2. The van der Waals surface area contributed by atoms with E-state index in [0.717, 1.165) is 11.3 Å². The number of hydrogen-bond donors (Lipinski definition) is 1. The molecule has 2 aromatic rings. The lowest BCUT2D eigenvalue weighted by Crippen LogP contribution is -2.07. The maximum atomic E-state index is 12.1. The molecule has 0 heterocycles. The summed E-state index contributed by atoms with van der Waals surface area (Å²) in [7, 11) is 6.22. The first-order valence-corrected chi connectivity index (χ1v) is 7.54. The summed E-state index contributed by atoms with van der Waals surface area (Å²) < 4.78 is 20.9. The first-order chi connectivity index (χ1) is 12.1. The Bertz CT molecular complexity index is 728. The van der Waals surface area contributed by atoms with Crippen LogP contribution in [-0.4, -0.2) is 34.3 Å². The van der Waals surface area contributed by atoms with Gasteiger partial charge in [0.2, 0.25) is 11.7 Å². The lowest BCUT2D eigenvalue weighted by molar-refractivity contribution is -0.111. The number of amides is 1. The van der Waals surface area contributed by atoms with Gasteiger partial charge in [0.15, 0.2) is 11.5 Å². The molecule has 0 spiro atoms. The molecule has 1 amide bonds. The summed E-state index contributed by atoms with van der Waals surface area (Å²) in [6.07, 6.45) is 3.11. The van der Waals surface area contributed by atoms with Crippen molar-refractivity contribution in [2.45, 2.75) is 0 Å². The maximum Gasteiger partial charge on any atom is 0.248 e. The molecule has 0 radical (unpaired) electrons. The second-order valence-electron chi connectivity index (χ2n) is 5.01. The Morgan fingerprint density at radius 3 is 1.96 bits per heavy atom. The van der Waals surface area contributed by atoms with E-state index in [1.165, 1.54) is 13.2 Å². The normalized spacial score (nSPS) is 10.4. The summed E-state index contributed by atoms with van der Waals surface area (Å²) in [4.78, 5) is 12.1. The highest BCUT2D eigenvalue weighted by Crippen LogP contribution is 2.38. The topological polar surface area (TPSA) is 66.0 Å². The summed E-state index contributed by atoms with van der Waals surface area (Å²) >= 11 is 0. The monoisotopic (exact) mass is 343 g/mol. The molecule has 0 aliphatic heterocycles. The summed E-state index contributed by atoms with van der Waals surface area (Å²) in [5.74, 6) is 2.03. The van der Waals surface area contributed by atoms with Crippen molar-refractivity contribution in [3.8, 4) is 23.0 Å². The van der Waals surface area contributed by atoms with Gasteiger partial charge < -0.3 is 24.3 Å². The number of carbonyl (C=O) groups is 1. The van der Waals surface area contributed by atoms with Crippen LogP contribution >= 0.6 is 0 Å². The molecule has 0 saturated heterocycles. The minimum atomic E-state index is -0.251. The predicted molar refractivity (Wildman–Crippen MR) is 96.8 cm³/mol. The van der Waals surface area contributed by atoms with E-state index in [1.807, 2.05) is 0 Å². The Morgan fingerprint density at radius 1 is 0.880 bits per heavy atom. The van der Waals surface area contributed by atoms with Gasteiger partial charge in [-0.3, -0.25) is 4.79 Å². The van der Waals surface area contributed by atoms with E-state index in [1.54, 1.807) is 63.8 Å². The number of hydrogen-bond acceptors (Lipinski definition) is 5. The number of rotatable bonds is 7. The van der Waals surface area contributed by atoms with Crippen molar-refractivity contribution in [2.24, 2.45) is 0 Å². The van der Waals surface area contributed by atoms with Crippen LogP contribution in [0.15, 0.2) is 42.5 Å². The van der Waals surface area contributed by atoms with Gasteiger partial charge in [0.25, 0.3) is 0 Å². The Balaban J connectivity index is 2.13. The smallest absolute Gasteiger partial charge is 0.248 e. The number of nitrogens with one attached hydrogen (secondary N) is 1. The quantitative estimate of drug-likeness (QED) is 0.781. The van der Waals surface area contributed by atoms with E-state index in [2.05, 4.69) is 5.32 Å². The van der Waals surface area contributed by atoms with Crippen molar-refractivity contribution in [2.75, 3.05) is 33.8 Å². The molecule has 0 unspecified atom stereocenters. The van der Waals surface area contributed by atoms with Crippen molar-refractivity contribution >= 4 is 17.7 Å². The van der Waals surface area contributed by atoms with Gasteiger partial charge in [-0.2, -0.15) is 0 Å². The fourth-order valence-corrected chi connectivity index (χ4v) is 2.23. The highest BCUT2D eigenvalue weighted by Gasteiger charge is 2.12. The molecule has 0 fully saturated rings. The van der Waals surface area contributed by atoms with Gasteiger partial charge in [0, 0.05) is 11.8 Å². The van der Waals surface area contributed by atoms with Crippen LogP contribution in [-0.2, 0) is 4.79 Å². The Hall–Kier alpha value is -3.15. The number of benzene rings is 2. The summed E-state index contributed by atoms with van der Waals surface area (Å²) in [5, 5.41) is 2.77. The molecular formula is C19H21NO5. The van der Waals surface area contributed by atoms with Crippen LogP contribution in [0, 0.1) is 0 Å². The highest BCUT2D eigenvalue weighted by atomic mass is 16.5. The third kappa shape index (κ3) is 4.67. The molecule has 0 bridgehead atoms. The number of carbonyl (C=O) groups excluding carboxylic acids is 1. The molecule has 0 saturated carbocycles. The minimum Gasteiger partial charge on any atom is -0.497 e. The second-order valence-corrected chi connectivity index (χ2v) is 5.01. The average Bonchev–Trinajstić information content (AvgIpc) is 2.65. The molecule has 2 aromatic carbocycles. The van der Waals surface area contributed by atoms with Crippen molar-refractivity contribution in [3.63, 3.8) is 0 Å². The summed E-state index contributed by atoms with van der Waals surface area (Å²) in [6, 6.07) is 10.6. The van der Waals surface area contributed by atoms with E-state index in [0.29, 0.717) is 22.9 Å². The molecule has 132 valence electrons. The fraction of sp³-hybridized carbons (Fsp3) is 0.211. The molecule has 6 heteroatoms. The van der Waals surface area contributed by atoms with Gasteiger partial charge in [-0.15, -0.1) is 0 Å². The molecule has 0 aromatic heterocycles. The zero-order valence-corrected chi connectivity index (χ0v) is 14.7.